The Hall–Kier alpha value is -1.30. The summed E-state index contributed by atoms with van der Waals surface area (Å²) in [5, 5.41) is 0.775. The first kappa shape index (κ1) is 20.3. The van der Waals surface area contributed by atoms with Gasteiger partial charge in [0.15, 0.2) is 0 Å². The number of halogens is 1. The van der Waals surface area contributed by atoms with Crippen molar-refractivity contribution in [2.45, 2.75) is 50.7 Å². The molecule has 6 atom stereocenters. The summed E-state index contributed by atoms with van der Waals surface area (Å²) in [6.07, 6.45) is 5.95. The Balaban J connectivity index is 1.11. The van der Waals surface area contributed by atoms with E-state index in [2.05, 4.69) is 28.9 Å². The quantitative estimate of drug-likeness (QED) is 0.521. The molecule has 5 fully saturated rings. The van der Waals surface area contributed by atoms with E-state index < -0.39 is 0 Å². The Morgan fingerprint density at radius 3 is 2.58 bits per heavy atom. The maximum absolute atomic E-state index is 12.9. The van der Waals surface area contributed by atoms with E-state index in [1.807, 2.05) is 12.1 Å². The average Bonchev–Trinajstić information content (AvgIpc) is 3.46. The predicted molar refractivity (Wildman–Crippen MR) is 120 cm³/mol. The summed E-state index contributed by atoms with van der Waals surface area (Å²) < 4.78 is 12.0. The zero-order valence-electron chi connectivity index (χ0n) is 18.4. The lowest BCUT2D eigenvalue weighted by Crippen LogP contribution is -2.52. The van der Waals surface area contributed by atoms with Crippen molar-refractivity contribution in [1.82, 2.24) is 4.90 Å². The number of esters is 1. The molecular formula is C25H33ClN2O3. The summed E-state index contributed by atoms with van der Waals surface area (Å²) >= 11 is 6.03. The molecule has 31 heavy (non-hydrogen) atoms. The summed E-state index contributed by atoms with van der Waals surface area (Å²) in [6.45, 7) is 8.12. The van der Waals surface area contributed by atoms with E-state index >= 15 is 0 Å². The predicted octanol–water partition coefficient (Wildman–Crippen LogP) is 3.99. The second-order valence-corrected chi connectivity index (χ2v) is 11.3. The lowest BCUT2D eigenvalue weighted by molar-refractivity contribution is -0.147. The van der Waals surface area contributed by atoms with Crippen molar-refractivity contribution in [2.24, 2.45) is 23.2 Å². The lowest BCUT2D eigenvalue weighted by Gasteiger charge is -2.51. The van der Waals surface area contributed by atoms with Gasteiger partial charge in [0.25, 0.3) is 0 Å². The summed E-state index contributed by atoms with van der Waals surface area (Å²) in [5.41, 5.74) is 1.62. The monoisotopic (exact) mass is 444 g/mol. The molecule has 168 valence electrons. The van der Waals surface area contributed by atoms with E-state index in [9.17, 15) is 4.79 Å². The topological polar surface area (TPSA) is 45.3 Å². The molecule has 3 heterocycles. The number of carbonyl (C=O) groups excluding carboxylic acids is 1. The SMILES string of the molecule is CC12CCCC3(CO3)C1CC1C(C2)OC(=O)C1CN1CCN(c2ccc(Cl)cc2)CC1. The molecule has 5 nitrogen and oxygen atoms in total. The van der Waals surface area contributed by atoms with Crippen LogP contribution in [0.15, 0.2) is 24.3 Å². The molecule has 5 aliphatic rings. The van der Waals surface area contributed by atoms with Gasteiger partial charge in [-0.1, -0.05) is 18.5 Å². The fourth-order valence-corrected chi connectivity index (χ4v) is 7.41. The number of anilines is 1. The van der Waals surface area contributed by atoms with Crippen molar-refractivity contribution in [3.05, 3.63) is 29.3 Å². The molecule has 6 heteroatoms. The molecule has 3 aliphatic heterocycles. The second kappa shape index (κ2) is 7.36. The fourth-order valence-electron chi connectivity index (χ4n) is 7.28. The molecule has 0 aromatic heterocycles. The highest BCUT2D eigenvalue weighted by atomic mass is 35.5. The van der Waals surface area contributed by atoms with Gasteiger partial charge in [-0.2, -0.15) is 0 Å². The minimum atomic E-state index is 0.0226. The maximum atomic E-state index is 12.9. The van der Waals surface area contributed by atoms with Crippen molar-refractivity contribution in [3.8, 4) is 0 Å². The van der Waals surface area contributed by atoms with Crippen molar-refractivity contribution in [1.29, 1.82) is 0 Å². The van der Waals surface area contributed by atoms with Crippen LogP contribution in [0.5, 0.6) is 0 Å². The number of hydrogen-bond donors (Lipinski definition) is 0. The molecule has 1 spiro atoms. The number of nitrogens with zero attached hydrogens (tertiary/aromatic N) is 2. The molecule has 6 rings (SSSR count). The number of fused-ring (bicyclic) bond motifs is 3. The van der Waals surface area contributed by atoms with Gasteiger partial charge in [-0.15, -0.1) is 0 Å². The molecule has 1 aromatic rings. The lowest BCUT2D eigenvalue weighted by atomic mass is 9.53. The first-order chi connectivity index (χ1) is 15.0. The highest BCUT2D eigenvalue weighted by molar-refractivity contribution is 6.30. The Bertz CT molecular complexity index is 849. The van der Waals surface area contributed by atoms with Crippen LogP contribution in [-0.4, -0.2) is 61.9 Å². The zero-order chi connectivity index (χ0) is 21.2. The third-order valence-electron chi connectivity index (χ3n) is 9.10. The molecule has 0 N–H and O–H groups in total. The highest BCUT2D eigenvalue weighted by Gasteiger charge is 2.65. The van der Waals surface area contributed by atoms with Gasteiger partial charge in [-0.25, -0.2) is 0 Å². The largest absolute Gasteiger partial charge is 0.462 e. The molecule has 0 bridgehead atoms. The van der Waals surface area contributed by atoms with Gasteiger partial charge in [0.05, 0.1) is 18.1 Å². The summed E-state index contributed by atoms with van der Waals surface area (Å²) in [7, 11) is 0. The fraction of sp³-hybridized carbons (Fsp3) is 0.720. The van der Waals surface area contributed by atoms with Crippen LogP contribution in [0.25, 0.3) is 0 Å². The van der Waals surface area contributed by atoms with Crippen molar-refractivity contribution in [2.75, 3.05) is 44.2 Å². The first-order valence-electron chi connectivity index (χ1n) is 12.0. The van der Waals surface area contributed by atoms with E-state index in [-0.39, 0.29) is 29.0 Å². The standard InChI is InChI=1S/C25H33ClN2O3/c1-24-7-2-8-25(16-30-25)22(24)13-19-20(23(29)31-21(19)14-24)15-27-9-11-28(12-10-27)18-5-3-17(26)4-6-18/h3-6,19-22H,2,7-16H2,1H3. The van der Waals surface area contributed by atoms with Crippen LogP contribution in [-0.2, 0) is 14.3 Å². The van der Waals surface area contributed by atoms with Crippen molar-refractivity contribution >= 4 is 23.3 Å². The maximum Gasteiger partial charge on any atom is 0.310 e. The van der Waals surface area contributed by atoms with Gasteiger partial charge in [-0.3, -0.25) is 9.69 Å². The Morgan fingerprint density at radius 2 is 1.87 bits per heavy atom. The molecular weight excluding hydrogens is 412 g/mol. The minimum Gasteiger partial charge on any atom is -0.462 e. The third-order valence-corrected chi connectivity index (χ3v) is 9.35. The number of piperazine rings is 1. The number of ether oxygens (including phenoxy) is 2. The molecule has 0 radical (unpaired) electrons. The van der Waals surface area contributed by atoms with E-state index in [4.69, 9.17) is 21.1 Å². The normalized spacial score (nSPS) is 42.3. The Morgan fingerprint density at radius 1 is 1.13 bits per heavy atom. The van der Waals surface area contributed by atoms with E-state index in [0.717, 1.165) is 57.2 Å². The summed E-state index contributed by atoms with van der Waals surface area (Å²) in [4.78, 5) is 17.8. The van der Waals surface area contributed by atoms with Crippen LogP contribution >= 0.6 is 11.6 Å². The Labute approximate surface area is 190 Å². The average molecular weight is 445 g/mol. The van der Waals surface area contributed by atoms with Gasteiger partial charge in [0.1, 0.15) is 6.10 Å². The van der Waals surface area contributed by atoms with E-state index in [1.165, 1.54) is 24.9 Å². The van der Waals surface area contributed by atoms with Gasteiger partial charge in [-0.05, 0) is 67.7 Å². The smallest absolute Gasteiger partial charge is 0.310 e. The molecule has 2 aliphatic carbocycles. The van der Waals surface area contributed by atoms with Crippen LogP contribution < -0.4 is 4.90 Å². The van der Waals surface area contributed by atoms with Crippen LogP contribution in [0.3, 0.4) is 0 Å². The molecule has 1 aromatic carbocycles. The van der Waals surface area contributed by atoms with Gasteiger partial charge in [0, 0.05) is 49.4 Å². The molecule has 6 unspecified atom stereocenters. The number of epoxide rings is 1. The van der Waals surface area contributed by atoms with Gasteiger partial charge < -0.3 is 14.4 Å². The van der Waals surface area contributed by atoms with Crippen LogP contribution in [0.1, 0.15) is 39.0 Å². The molecule has 0 amide bonds. The van der Waals surface area contributed by atoms with Crippen LogP contribution in [0, 0.1) is 23.2 Å². The number of rotatable bonds is 3. The van der Waals surface area contributed by atoms with Gasteiger partial charge >= 0.3 is 5.97 Å². The third kappa shape index (κ3) is 3.48. The zero-order valence-corrected chi connectivity index (χ0v) is 19.2. The summed E-state index contributed by atoms with van der Waals surface area (Å²) in [5.74, 6) is 1.02. The number of hydrogen-bond acceptors (Lipinski definition) is 5. The minimum absolute atomic E-state index is 0.0226. The van der Waals surface area contributed by atoms with Gasteiger partial charge in [0.2, 0.25) is 0 Å². The highest BCUT2D eigenvalue weighted by Crippen LogP contribution is 2.62. The van der Waals surface area contributed by atoms with Crippen molar-refractivity contribution < 1.29 is 14.3 Å². The van der Waals surface area contributed by atoms with Crippen LogP contribution in [0.4, 0.5) is 5.69 Å². The van der Waals surface area contributed by atoms with Crippen molar-refractivity contribution in [3.63, 3.8) is 0 Å². The Kier molecular flexibility index (Phi) is 4.82. The molecule has 2 saturated carbocycles. The van der Waals surface area contributed by atoms with Crippen LogP contribution in [0.2, 0.25) is 5.02 Å². The second-order valence-electron chi connectivity index (χ2n) is 10.9. The summed E-state index contributed by atoms with van der Waals surface area (Å²) in [6, 6.07) is 8.10. The van der Waals surface area contributed by atoms with E-state index in [0.29, 0.717) is 11.8 Å². The molecule has 3 saturated heterocycles. The first-order valence-corrected chi connectivity index (χ1v) is 12.4. The number of carbonyl (C=O) groups is 1. The number of benzene rings is 1. The van der Waals surface area contributed by atoms with E-state index in [1.54, 1.807) is 0 Å².